The molecule has 1 heterocycles. The van der Waals surface area contributed by atoms with Crippen LogP contribution in [0.4, 0.5) is 5.69 Å². The van der Waals surface area contributed by atoms with Crippen molar-refractivity contribution in [3.05, 3.63) is 83.4 Å². The molecule has 0 aliphatic rings. The fourth-order valence-electron chi connectivity index (χ4n) is 2.80. The summed E-state index contributed by atoms with van der Waals surface area (Å²) in [5, 5.41) is 0. The molecule has 124 valence electrons. The molecule has 3 aromatic rings. The Kier molecular flexibility index (Phi) is 4.96. The van der Waals surface area contributed by atoms with E-state index in [1.54, 1.807) is 0 Å². The van der Waals surface area contributed by atoms with Crippen LogP contribution >= 0.6 is 0 Å². The molecule has 0 saturated carbocycles. The zero-order valence-corrected chi connectivity index (χ0v) is 14.3. The van der Waals surface area contributed by atoms with Crippen molar-refractivity contribution in [2.24, 2.45) is 5.73 Å². The largest absolute Gasteiger partial charge is 0.378 e. The lowest BCUT2D eigenvalue weighted by molar-refractivity contribution is 0.739. The minimum atomic E-state index is 0.572. The van der Waals surface area contributed by atoms with Gasteiger partial charge in [0, 0.05) is 51.7 Å². The van der Waals surface area contributed by atoms with Crippen LogP contribution in [0.5, 0.6) is 0 Å². The summed E-state index contributed by atoms with van der Waals surface area (Å²) in [4.78, 5) is 6.64. The predicted molar refractivity (Wildman–Crippen MR) is 99.2 cm³/mol. The van der Waals surface area contributed by atoms with Gasteiger partial charge in [0.25, 0.3) is 0 Å². The highest BCUT2D eigenvalue weighted by Crippen LogP contribution is 2.16. The highest BCUT2D eigenvalue weighted by atomic mass is 15.1. The zero-order valence-electron chi connectivity index (χ0n) is 14.3. The first-order valence-corrected chi connectivity index (χ1v) is 8.20. The van der Waals surface area contributed by atoms with E-state index in [1.165, 1.54) is 16.8 Å². The number of aromatic nitrogens is 2. The molecule has 4 heteroatoms. The molecule has 1 aromatic heterocycles. The van der Waals surface area contributed by atoms with E-state index in [0.717, 1.165) is 24.4 Å². The number of hydrogen-bond acceptors (Lipinski definition) is 3. The van der Waals surface area contributed by atoms with Gasteiger partial charge in [-0.15, -0.1) is 0 Å². The second-order valence-corrected chi connectivity index (χ2v) is 6.23. The lowest BCUT2D eigenvalue weighted by Gasteiger charge is -2.13. The van der Waals surface area contributed by atoms with Crippen molar-refractivity contribution in [2.75, 3.05) is 19.0 Å². The van der Waals surface area contributed by atoms with Crippen molar-refractivity contribution < 1.29 is 0 Å². The first-order valence-electron chi connectivity index (χ1n) is 8.20. The number of nitrogens with two attached hydrogens (primary N) is 1. The summed E-state index contributed by atoms with van der Waals surface area (Å²) in [5.41, 5.74) is 10.6. The van der Waals surface area contributed by atoms with Crippen LogP contribution in [-0.2, 0) is 19.5 Å². The van der Waals surface area contributed by atoms with Crippen LogP contribution in [0.1, 0.15) is 22.5 Å². The molecule has 4 nitrogen and oxygen atoms in total. The van der Waals surface area contributed by atoms with Crippen LogP contribution < -0.4 is 10.6 Å². The van der Waals surface area contributed by atoms with Gasteiger partial charge in [0.05, 0.1) is 0 Å². The van der Waals surface area contributed by atoms with E-state index in [1.807, 2.05) is 12.4 Å². The molecule has 0 aliphatic heterocycles. The van der Waals surface area contributed by atoms with Crippen molar-refractivity contribution in [3.8, 4) is 0 Å². The number of hydrogen-bond donors (Lipinski definition) is 1. The van der Waals surface area contributed by atoms with E-state index in [0.29, 0.717) is 6.54 Å². The molecule has 0 amide bonds. The zero-order chi connectivity index (χ0) is 16.9. The Bertz CT molecular complexity index is 787. The van der Waals surface area contributed by atoms with Crippen LogP contribution in [0, 0.1) is 0 Å². The highest BCUT2D eigenvalue weighted by molar-refractivity contribution is 5.46. The molecule has 0 atom stereocenters. The van der Waals surface area contributed by atoms with Gasteiger partial charge in [0.2, 0.25) is 0 Å². The van der Waals surface area contributed by atoms with Crippen LogP contribution in [0.3, 0.4) is 0 Å². The topological polar surface area (TPSA) is 47.1 Å². The van der Waals surface area contributed by atoms with E-state index >= 15 is 0 Å². The normalized spacial score (nSPS) is 10.8. The van der Waals surface area contributed by atoms with Gasteiger partial charge in [-0.1, -0.05) is 36.4 Å². The fourth-order valence-corrected chi connectivity index (χ4v) is 2.80. The second kappa shape index (κ2) is 7.32. The van der Waals surface area contributed by atoms with Crippen molar-refractivity contribution in [1.82, 2.24) is 9.55 Å². The quantitative estimate of drug-likeness (QED) is 0.759. The molecule has 2 aromatic carbocycles. The van der Waals surface area contributed by atoms with Gasteiger partial charge in [-0.3, -0.25) is 0 Å². The Morgan fingerprint density at radius 2 is 1.75 bits per heavy atom. The number of benzene rings is 2. The maximum absolute atomic E-state index is 5.73. The lowest BCUT2D eigenvalue weighted by atomic mass is 10.1. The van der Waals surface area contributed by atoms with Crippen molar-refractivity contribution in [2.45, 2.75) is 19.5 Å². The Morgan fingerprint density at radius 3 is 2.46 bits per heavy atom. The minimum absolute atomic E-state index is 0.572. The average Bonchev–Trinajstić information content (AvgIpc) is 3.02. The molecule has 0 saturated heterocycles. The smallest absolute Gasteiger partial charge is 0.113 e. The third-order valence-corrected chi connectivity index (χ3v) is 4.20. The summed E-state index contributed by atoms with van der Waals surface area (Å²) in [6.07, 6.45) is 4.74. The summed E-state index contributed by atoms with van der Waals surface area (Å²) < 4.78 is 2.20. The maximum Gasteiger partial charge on any atom is 0.113 e. The fraction of sp³-hybridized carbons (Fsp3) is 0.250. The first kappa shape index (κ1) is 16.3. The van der Waals surface area contributed by atoms with Crippen LogP contribution in [0.15, 0.2) is 60.9 Å². The molecule has 0 radical (unpaired) electrons. The molecular weight excluding hydrogens is 296 g/mol. The van der Waals surface area contributed by atoms with E-state index in [4.69, 9.17) is 5.73 Å². The number of nitrogens with zero attached hydrogens (tertiary/aromatic N) is 3. The van der Waals surface area contributed by atoms with Crippen molar-refractivity contribution in [3.63, 3.8) is 0 Å². The number of anilines is 1. The van der Waals surface area contributed by atoms with E-state index in [9.17, 15) is 0 Å². The average molecular weight is 320 g/mol. The first-order chi connectivity index (χ1) is 11.7. The second-order valence-electron chi connectivity index (χ2n) is 6.23. The van der Waals surface area contributed by atoms with E-state index < -0.39 is 0 Å². The summed E-state index contributed by atoms with van der Waals surface area (Å²) in [7, 11) is 4.11. The van der Waals surface area contributed by atoms with Crippen molar-refractivity contribution >= 4 is 5.69 Å². The summed E-state index contributed by atoms with van der Waals surface area (Å²) in [6.45, 7) is 1.39. The molecule has 24 heavy (non-hydrogen) atoms. The van der Waals surface area contributed by atoms with Crippen LogP contribution in [0.2, 0.25) is 0 Å². The minimum Gasteiger partial charge on any atom is -0.378 e. The number of rotatable bonds is 6. The third kappa shape index (κ3) is 3.84. The monoisotopic (exact) mass is 320 g/mol. The Balaban J connectivity index is 1.75. The molecule has 0 unspecified atom stereocenters. The molecule has 0 bridgehead atoms. The summed E-state index contributed by atoms with van der Waals surface area (Å²) in [6, 6.07) is 17.1. The SMILES string of the molecule is CN(C)c1ccc(Cc2nccn2Cc2cccc(CN)c2)cc1. The maximum atomic E-state index is 5.73. The van der Waals surface area contributed by atoms with Crippen LogP contribution in [-0.4, -0.2) is 23.6 Å². The summed E-state index contributed by atoms with van der Waals surface area (Å²) in [5.74, 6) is 1.07. The molecule has 0 fully saturated rings. The predicted octanol–water partition coefficient (Wildman–Crippen LogP) is 3.05. The van der Waals surface area contributed by atoms with E-state index in [2.05, 4.69) is 77.1 Å². The Labute approximate surface area is 143 Å². The number of imidazole rings is 1. The van der Waals surface area contributed by atoms with Gasteiger partial charge in [-0.05, 0) is 28.8 Å². The van der Waals surface area contributed by atoms with Gasteiger partial charge >= 0.3 is 0 Å². The molecule has 0 spiro atoms. The Morgan fingerprint density at radius 1 is 1.00 bits per heavy atom. The van der Waals surface area contributed by atoms with Gasteiger partial charge < -0.3 is 15.2 Å². The highest BCUT2D eigenvalue weighted by Gasteiger charge is 2.06. The van der Waals surface area contributed by atoms with Crippen LogP contribution in [0.25, 0.3) is 0 Å². The standard InChI is InChI=1S/C20H24N4/c1-23(2)19-8-6-16(7-9-19)13-20-22-10-11-24(20)15-18-5-3-4-17(12-18)14-21/h3-12H,13-15,21H2,1-2H3. The molecule has 2 N–H and O–H groups in total. The lowest BCUT2D eigenvalue weighted by Crippen LogP contribution is -2.09. The third-order valence-electron chi connectivity index (χ3n) is 4.20. The van der Waals surface area contributed by atoms with E-state index in [-0.39, 0.29) is 0 Å². The van der Waals surface area contributed by atoms with Gasteiger partial charge in [0.15, 0.2) is 0 Å². The Hall–Kier alpha value is -2.59. The molecule has 3 rings (SSSR count). The van der Waals surface area contributed by atoms with Crippen molar-refractivity contribution in [1.29, 1.82) is 0 Å². The van der Waals surface area contributed by atoms with Gasteiger partial charge in [-0.25, -0.2) is 4.98 Å². The molecular formula is C20H24N4. The van der Waals surface area contributed by atoms with Gasteiger partial charge in [0.1, 0.15) is 5.82 Å². The molecule has 0 aliphatic carbocycles. The van der Waals surface area contributed by atoms with Gasteiger partial charge in [-0.2, -0.15) is 0 Å². The summed E-state index contributed by atoms with van der Waals surface area (Å²) >= 11 is 0.